The van der Waals surface area contributed by atoms with Crippen molar-refractivity contribution in [1.82, 2.24) is 5.32 Å². The van der Waals surface area contributed by atoms with Crippen LogP contribution in [0, 0.1) is 5.92 Å². The average molecular weight is 318 g/mol. The minimum absolute atomic E-state index is 0.00128. The number of hydrogen-bond donors (Lipinski definition) is 1. The molecular formula is C18H26N2O3. The molecule has 5 nitrogen and oxygen atoms in total. The number of rotatable bonds is 5. The molecule has 0 bridgehead atoms. The third kappa shape index (κ3) is 4.71. The summed E-state index contributed by atoms with van der Waals surface area (Å²) in [5, 5.41) is 2.91. The van der Waals surface area contributed by atoms with Gasteiger partial charge in [0.2, 0.25) is 0 Å². The molecule has 1 aliphatic heterocycles. The number of ether oxygens (including phenoxy) is 1. The second-order valence-electron chi connectivity index (χ2n) is 6.19. The van der Waals surface area contributed by atoms with Crippen LogP contribution in [0.3, 0.4) is 0 Å². The lowest BCUT2D eigenvalue weighted by Gasteiger charge is -2.32. The molecule has 23 heavy (non-hydrogen) atoms. The first-order valence-electron chi connectivity index (χ1n) is 8.33. The number of amides is 1. The lowest BCUT2D eigenvalue weighted by Crippen LogP contribution is -2.37. The predicted octanol–water partition coefficient (Wildman–Crippen LogP) is 2.60. The van der Waals surface area contributed by atoms with E-state index in [9.17, 15) is 9.59 Å². The van der Waals surface area contributed by atoms with E-state index in [4.69, 9.17) is 4.74 Å². The van der Waals surface area contributed by atoms with E-state index >= 15 is 0 Å². The van der Waals surface area contributed by atoms with Crippen LogP contribution in [0.5, 0.6) is 0 Å². The van der Waals surface area contributed by atoms with Gasteiger partial charge in [0, 0.05) is 30.4 Å². The molecule has 0 saturated carbocycles. The predicted molar refractivity (Wildman–Crippen MR) is 90.6 cm³/mol. The molecule has 5 heteroatoms. The molecule has 0 unspecified atom stereocenters. The van der Waals surface area contributed by atoms with Crippen LogP contribution >= 0.6 is 0 Å². The number of nitrogens with zero attached hydrogens (tertiary/aromatic N) is 1. The second kappa shape index (κ2) is 7.99. The smallest absolute Gasteiger partial charge is 0.309 e. The van der Waals surface area contributed by atoms with Crippen molar-refractivity contribution in [1.29, 1.82) is 0 Å². The average Bonchev–Trinajstić information content (AvgIpc) is 2.55. The van der Waals surface area contributed by atoms with Crippen LogP contribution in [0.4, 0.5) is 5.69 Å². The SMILES string of the molecule is CCOC(=O)C1CCN(c2cccc(C(=O)NC(C)C)c2)CC1. The number of benzene rings is 1. The Labute approximate surface area is 138 Å². The second-order valence-corrected chi connectivity index (χ2v) is 6.19. The summed E-state index contributed by atoms with van der Waals surface area (Å²) in [4.78, 5) is 26.1. The minimum atomic E-state index is -0.0859. The van der Waals surface area contributed by atoms with Gasteiger partial charge in [-0.25, -0.2) is 0 Å². The fourth-order valence-electron chi connectivity index (χ4n) is 2.82. The van der Waals surface area contributed by atoms with Gasteiger partial charge in [-0.1, -0.05) is 6.07 Å². The third-order valence-electron chi connectivity index (χ3n) is 4.01. The molecule has 1 saturated heterocycles. The third-order valence-corrected chi connectivity index (χ3v) is 4.01. The van der Waals surface area contributed by atoms with Gasteiger partial charge in [-0.15, -0.1) is 0 Å². The van der Waals surface area contributed by atoms with Gasteiger partial charge in [0.25, 0.3) is 5.91 Å². The first-order chi connectivity index (χ1) is 11.0. The summed E-state index contributed by atoms with van der Waals surface area (Å²) in [6.07, 6.45) is 1.59. The molecule has 0 aromatic heterocycles. The number of anilines is 1. The quantitative estimate of drug-likeness (QED) is 0.848. The lowest BCUT2D eigenvalue weighted by atomic mass is 9.96. The highest BCUT2D eigenvalue weighted by atomic mass is 16.5. The molecule has 1 aromatic carbocycles. The Morgan fingerprint density at radius 2 is 2.00 bits per heavy atom. The number of piperidine rings is 1. The minimum Gasteiger partial charge on any atom is -0.466 e. The lowest BCUT2D eigenvalue weighted by molar-refractivity contribution is -0.148. The zero-order valence-corrected chi connectivity index (χ0v) is 14.2. The van der Waals surface area contributed by atoms with E-state index in [0.717, 1.165) is 31.6 Å². The molecule has 126 valence electrons. The summed E-state index contributed by atoms with van der Waals surface area (Å²) in [6.45, 7) is 7.77. The first-order valence-corrected chi connectivity index (χ1v) is 8.33. The van der Waals surface area contributed by atoms with Crippen molar-refractivity contribution in [3.63, 3.8) is 0 Å². The highest BCUT2D eigenvalue weighted by Gasteiger charge is 2.26. The van der Waals surface area contributed by atoms with Gasteiger partial charge < -0.3 is 15.0 Å². The van der Waals surface area contributed by atoms with E-state index in [1.165, 1.54) is 0 Å². The van der Waals surface area contributed by atoms with Crippen LogP contribution in [0.15, 0.2) is 24.3 Å². The zero-order valence-electron chi connectivity index (χ0n) is 14.2. The van der Waals surface area contributed by atoms with Gasteiger partial charge >= 0.3 is 5.97 Å². The van der Waals surface area contributed by atoms with Crippen LogP contribution in [0.2, 0.25) is 0 Å². The maximum atomic E-state index is 12.1. The fraction of sp³-hybridized carbons (Fsp3) is 0.556. The van der Waals surface area contributed by atoms with E-state index in [0.29, 0.717) is 12.2 Å². The monoisotopic (exact) mass is 318 g/mol. The fourth-order valence-corrected chi connectivity index (χ4v) is 2.82. The van der Waals surface area contributed by atoms with Crippen molar-refractivity contribution in [3.8, 4) is 0 Å². The highest BCUT2D eigenvalue weighted by Crippen LogP contribution is 2.25. The van der Waals surface area contributed by atoms with E-state index < -0.39 is 0 Å². The van der Waals surface area contributed by atoms with Crippen LogP contribution in [0.25, 0.3) is 0 Å². The van der Waals surface area contributed by atoms with Crippen molar-refractivity contribution in [2.75, 3.05) is 24.6 Å². The van der Waals surface area contributed by atoms with Crippen molar-refractivity contribution >= 4 is 17.6 Å². The number of esters is 1. The van der Waals surface area contributed by atoms with Crippen molar-refractivity contribution in [2.24, 2.45) is 5.92 Å². The van der Waals surface area contributed by atoms with E-state index in [1.807, 2.05) is 45.0 Å². The van der Waals surface area contributed by atoms with Gasteiger partial charge in [-0.3, -0.25) is 9.59 Å². The standard InChI is InChI=1S/C18H26N2O3/c1-4-23-18(22)14-8-10-20(11-9-14)16-7-5-6-15(12-16)17(21)19-13(2)3/h5-7,12-14H,4,8-11H2,1-3H3,(H,19,21). The number of hydrogen-bond acceptors (Lipinski definition) is 4. The van der Waals surface area contributed by atoms with Crippen LogP contribution in [0.1, 0.15) is 44.0 Å². The van der Waals surface area contributed by atoms with E-state index in [1.54, 1.807) is 0 Å². The van der Waals surface area contributed by atoms with Gasteiger partial charge in [0.1, 0.15) is 0 Å². The molecule has 1 fully saturated rings. The molecule has 1 aromatic rings. The van der Waals surface area contributed by atoms with Crippen LogP contribution < -0.4 is 10.2 Å². The van der Waals surface area contributed by atoms with Gasteiger partial charge in [0.15, 0.2) is 0 Å². The van der Waals surface area contributed by atoms with Crippen molar-refractivity contribution in [2.45, 2.75) is 39.7 Å². The summed E-state index contributed by atoms with van der Waals surface area (Å²) in [5.41, 5.74) is 1.70. The number of carbonyl (C=O) groups excluding carboxylic acids is 2. The van der Waals surface area contributed by atoms with Crippen LogP contribution in [-0.4, -0.2) is 37.6 Å². The van der Waals surface area contributed by atoms with Gasteiger partial charge in [-0.05, 0) is 51.8 Å². The Balaban J connectivity index is 1.98. The Bertz CT molecular complexity index is 549. The summed E-state index contributed by atoms with van der Waals surface area (Å²) in [7, 11) is 0. The Kier molecular flexibility index (Phi) is 6.02. The summed E-state index contributed by atoms with van der Waals surface area (Å²) < 4.78 is 5.10. The summed E-state index contributed by atoms with van der Waals surface area (Å²) >= 11 is 0. The molecule has 1 amide bonds. The molecule has 0 radical (unpaired) electrons. The topological polar surface area (TPSA) is 58.6 Å². The normalized spacial score (nSPS) is 15.6. The molecule has 1 N–H and O–H groups in total. The maximum absolute atomic E-state index is 12.1. The Morgan fingerprint density at radius 1 is 1.30 bits per heavy atom. The van der Waals surface area contributed by atoms with Gasteiger partial charge in [0.05, 0.1) is 12.5 Å². The number of carbonyl (C=O) groups is 2. The van der Waals surface area contributed by atoms with Crippen molar-refractivity contribution in [3.05, 3.63) is 29.8 Å². The molecule has 1 heterocycles. The summed E-state index contributed by atoms with van der Waals surface area (Å²) in [6, 6.07) is 7.78. The summed E-state index contributed by atoms with van der Waals surface area (Å²) in [5.74, 6) is -0.140. The zero-order chi connectivity index (χ0) is 16.8. The molecular weight excluding hydrogens is 292 g/mol. The molecule has 0 atom stereocenters. The maximum Gasteiger partial charge on any atom is 0.309 e. The molecule has 1 aliphatic rings. The van der Waals surface area contributed by atoms with E-state index in [2.05, 4.69) is 10.2 Å². The van der Waals surface area contributed by atoms with Crippen LogP contribution in [-0.2, 0) is 9.53 Å². The molecule has 0 spiro atoms. The van der Waals surface area contributed by atoms with E-state index in [-0.39, 0.29) is 23.8 Å². The largest absolute Gasteiger partial charge is 0.466 e. The molecule has 0 aliphatic carbocycles. The Morgan fingerprint density at radius 3 is 2.61 bits per heavy atom. The highest BCUT2D eigenvalue weighted by molar-refractivity contribution is 5.95. The number of nitrogens with one attached hydrogen (secondary N) is 1. The van der Waals surface area contributed by atoms with Crippen molar-refractivity contribution < 1.29 is 14.3 Å². The Hall–Kier alpha value is -2.04. The van der Waals surface area contributed by atoms with Gasteiger partial charge in [-0.2, -0.15) is 0 Å². The first kappa shape index (κ1) is 17.3. The molecule has 2 rings (SSSR count).